The minimum atomic E-state index is 0.514. The molecular formula is C15H29NO. The quantitative estimate of drug-likeness (QED) is 0.767. The van der Waals surface area contributed by atoms with Crippen LogP contribution in [0.15, 0.2) is 0 Å². The van der Waals surface area contributed by atoms with Crippen LogP contribution in [-0.2, 0) is 4.74 Å². The molecule has 0 amide bonds. The van der Waals surface area contributed by atoms with Gasteiger partial charge in [-0.15, -0.1) is 0 Å². The van der Waals surface area contributed by atoms with Crippen molar-refractivity contribution in [3.05, 3.63) is 0 Å². The molecule has 100 valence electrons. The van der Waals surface area contributed by atoms with Crippen molar-refractivity contribution in [1.82, 2.24) is 5.32 Å². The first-order valence-corrected chi connectivity index (χ1v) is 7.70. The lowest BCUT2D eigenvalue weighted by Crippen LogP contribution is -2.41. The molecule has 3 unspecified atom stereocenters. The Morgan fingerprint density at radius 2 is 1.94 bits per heavy atom. The van der Waals surface area contributed by atoms with Gasteiger partial charge in [0.2, 0.25) is 0 Å². The lowest BCUT2D eigenvalue weighted by atomic mass is 9.85. The van der Waals surface area contributed by atoms with E-state index in [0.717, 1.165) is 25.0 Å². The Kier molecular flexibility index (Phi) is 5.30. The molecule has 0 aromatic heterocycles. The maximum absolute atomic E-state index is 5.87. The van der Waals surface area contributed by atoms with Crippen LogP contribution in [0.25, 0.3) is 0 Å². The second kappa shape index (κ2) is 6.75. The van der Waals surface area contributed by atoms with E-state index < -0.39 is 0 Å². The van der Waals surface area contributed by atoms with Gasteiger partial charge in [0.15, 0.2) is 0 Å². The molecular weight excluding hydrogens is 210 g/mol. The molecule has 1 saturated carbocycles. The fraction of sp³-hybridized carbons (Fsp3) is 1.00. The van der Waals surface area contributed by atoms with Crippen LogP contribution >= 0.6 is 0 Å². The van der Waals surface area contributed by atoms with Gasteiger partial charge >= 0.3 is 0 Å². The summed E-state index contributed by atoms with van der Waals surface area (Å²) in [7, 11) is 0. The van der Waals surface area contributed by atoms with Crippen molar-refractivity contribution in [3.8, 4) is 0 Å². The molecule has 2 heteroatoms. The Balaban J connectivity index is 1.90. The zero-order chi connectivity index (χ0) is 12.1. The maximum atomic E-state index is 5.87. The van der Waals surface area contributed by atoms with E-state index in [9.17, 15) is 0 Å². The summed E-state index contributed by atoms with van der Waals surface area (Å²) in [6.45, 7) is 6.58. The topological polar surface area (TPSA) is 21.3 Å². The molecule has 17 heavy (non-hydrogen) atoms. The molecule has 1 aliphatic carbocycles. The molecule has 1 N–H and O–H groups in total. The molecule has 1 heterocycles. The third-order valence-electron chi connectivity index (χ3n) is 4.71. The number of nitrogens with one attached hydrogen (secondary N) is 1. The predicted molar refractivity (Wildman–Crippen MR) is 72.2 cm³/mol. The normalized spacial score (nSPS) is 32.1. The number of hydrogen-bond donors (Lipinski definition) is 1. The Hall–Kier alpha value is -0.0800. The van der Waals surface area contributed by atoms with Gasteiger partial charge in [-0.1, -0.05) is 39.5 Å². The van der Waals surface area contributed by atoms with Gasteiger partial charge in [-0.25, -0.2) is 0 Å². The van der Waals surface area contributed by atoms with Crippen molar-refractivity contribution in [2.75, 3.05) is 13.2 Å². The molecule has 1 saturated heterocycles. The van der Waals surface area contributed by atoms with Crippen molar-refractivity contribution in [3.63, 3.8) is 0 Å². The fourth-order valence-electron chi connectivity index (χ4n) is 3.82. The molecule has 0 spiro atoms. The monoisotopic (exact) mass is 239 g/mol. The van der Waals surface area contributed by atoms with Crippen LogP contribution in [0.4, 0.5) is 0 Å². The minimum Gasteiger partial charge on any atom is -0.378 e. The highest BCUT2D eigenvalue weighted by molar-refractivity contribution is 4.88. The number of ether oxygens (including phenoxy) is 1. The first kappa shape index (κ1) is 13.4. The molecule has 2 fully saturated rings. The summed E-state index contributed by atoms with van der Waals surface area (Å²) >= 11 is 0. The van der Waals surface area contributed by atoms with E-state index in [0.29, 0.717) is 12.1 Å². The number of rotatable bonds is 6. The minimum absolute atomic E-state index is 0.514. The van der Waals surface area contributed by atoms with Gasteiger partial charge in [-0.2, -0.15) is 0 Å². The van der Waals surface area contributed by atoms with Crippen LogP contribution in [0.1, 0.15) is 58.8 Å². The van der Waals surface area contributed by atoms with Gasteiger partial charge in [0.25, 0.3) is 0 Å². The third-order valence-corrected chi connectivity index (χ3v) is 4.71. The van der Waals surface area contributed by atoms with Crippen LogP contribution in [0.2, 0.25) is 0 Å². The van der Waals surface area contributed by atoms with E-state index in [1.807, 2.05) is 0 Å². The smallest absolute Gasteiger partial charge is 0.0616 e. The molecule has 0 radical (unpaired) electrons. The molecule has 3 atom stereocenters. The van der Waals surface area contributed by atoms with Crippen molar-refractivity contribution in [2.45, 2.75) is 70.9 Å². The van der Waals surface area contributed by atoms with E-state index in [4.69, 9.17) is 4.74 Å². The lowest BCUT2D eigenvalue weighted by molar-refractivity contribution is 0.0745. The summed E-state index contributed by atoms with van der Waals surface area (Å²) in [4.78, 5) is 0. The van der Waals surface area contributed by atoms with Crippen LogP contribution in [0.5, 0.6) is 0 Å². The second-order valence-corrected chi connectivity index (χ2v) is 5.82. The molecule has 0 aromatic carbocycles. The van der Waals surface area contributed by atoms with Crippen LogP contribution < -0.4 is 5.32 Å². The highest BCUT2D eigenvalue weighted by atomic mass is 16.5. The van der Waals surface area contributed by atoms with Crippen molar-refractivity contribution in [1.29, 1.82) is 0 Å². The average Bonchev–Trinajstić information content (AvgIpc) is 2.98. The summed E-state index contributed by atoms with van der Waals surface area (Å²) in [5, 5.41) is 3.74. The maximum Gasteiger partial charge on any atom is 0.0616 e. The molecule has 2 rings (SSSR count). The van der Waals surface area contributed by atoms with Gasteiger partial charge in [0, 0.05) is 18.6 Å². The Morgan fingerprint density at radius 3 is 2.59 bits per heavy atom. The molecule has 0 bridgehead atoms. The molecule has 0 aromatic rings. The second-order valence-electron chi connectivity index (χ2n) is 5.82. The van der Waals surface area contributed by atoms with E-state index in [-0.39, 0.29) is 0 Å². The van der Waals surface area contributed by atoms with Crippen LogP contribution in [0.3, 0.4) is 0 Å². The van der Waals surface area contributed by atoms with Gasteiger partial charge in [0.1, 0.15) is 0 Å². The number of hydrogen-bond acceptors (Lipinski definition) is 2. The summed E-state index contributed by atoms with van der Waals surface area (Å²) in [6.07, 6.45) is 10.2. The molecule has 2 aliphatic rings. The van der Waals surface area contributed by atoms with Gasteiger partial charge in [0.05, 0.1) is 6.10 Å². The molecule has 1 aliphatic heterocycles. The summed E-state index contributed by atoms with van der Waals surface area (Å²) < 4.78 is 5.87. The SMILES string of the molecule is CCNC(CC1CCCC1)C1CCOC1CC. The fourth-order valence-corrected chi connectivity index (χ4v) is 3.82. The lowest BCUT2D eigenvalue weighted by Gasteiger charge is -2.30. The zero-order valence-electron chi connectivity index (χ0n) is 11.6. The van der Waals surface area contributed by atoms with Crippen molar-refractivity contribution in [2.24, 2.45) is 11.8 Å². The van der Waals surface area contributed by atoms with Gasteiger partial charge in [-0.3, -0.25) is 0 Å². The van der Waals surface area contributed by atoms with Crippen LogP contribution in [-0.4, -0.2) is 25.3 Å². The Bertz CT molecular complexity index is 213. The highest BCUT2D eigenvalue weighted by Crippen LogP contribution is 2.34. The van der Waals surface area contributed by atoms with E-state index in [1.165, 1.54) is 44.9 Å². The summed E-state index contributed by atoms with van der Waals surface area (Å²) in [6, 6.07) is 0.704. The third kappa shape index (κ3) is 3.45. The van der Waals surface area contributed by atoms with Gasteiger partial charge < -0.3 is 10.1 Å². The van der Waals surface area contributed by atoms with Gasteiger partial charge in [-0.05, 0) is 31.7 Å². The molecule has 2 nitrogen and oxygen atoms in total. The highest BCUT2D eigenvalue weighted by Gasteiger charge is 2.34. The standard InChI is InChI=1S/C15H29NO/c1-3-15-13(9-10-17-15)14(16-4-2)11-12-7-5-6-8-12/h12-16H,3-11H2,1-2H3. The average molecular weight is 239 g/mol. The van der Waals surface area contributed by atoms with E-state index in [1.54, 1.807) is 0 Å². The van der Waals surface area contributed by atoms with E-state index >= 15 is 0 Å². The Labute approximate surface area is 107 Å². The first-order valence-electron chi connectivity index (χ1n) is 7.70. The Morgan fingerprint density at radius 1 is 1.18 bits per heavy atom. The van der Waals surface area contributed by atoms with Crippen LogP contribution in [0, 0.1) is 11.8 Å². The zero-order valence-corrected chi connectivity index (χ0v) is 11.6. The van der Waals surface area contributed by atoms with Crippen molar-refractivity contribution < 1.29 is 4.74 Å². The summed E-state index contributed by atoms with van der Waals surface area (Å²) in [5.74, 6) is 1.75. The largest absolute Gasteiger partial charge is 0.378 e. The predicted octanol–water partition coefficient (Wildman–Crippen LogP) is 3.36. The van der Waals surface area contributed by atoms with E-state index in [2.05, 4.69) is 19.2 Å². The van der Waals surface area contributed by atoms with Crippen molar-refractivity contribution >= 4 is 0 Å². The first-order chi connectivity index (χ1) is 8.35. The summed E-state index contributed by atoms with van der Waals surface area (Å²) in [5.41, 5.74) is 0.